The lowest BCUT2D eigenvalue weighted by Crippen LogP contribution is -3.07. The van der Waals surface area contributed by atoms with Crippen LogP contribution in [0, 0.1) is 5.41 Å². The first-order valence-electron chi connectivity index (χ1n) is 3.63. The van der Waals surface area contributed by atoms with E-state index in [4.69, 9.17) is 11.1 Å². The van der Waals surface area contributed by atoms with E-state index in [2.05, 4.69) is 5.73 Å². The summed E-state index contributed by atoms with van der Waals surface area (Å²) in [6.07, 6.45) is 5.04. The van der Waals surface area contributed by atoms with Gasteiger partial charge in [0.15, 0.2) is 6.34 Å². The van der Waals surface area contributed by atoms with E-state index < -0.39 is 0 Å². The summed E-state index contributed by atoms with van der Waals surface area (Å²) >= 11 is 0. The summed E-state index contributed by atoms with van der Waals surface area (Å²) < 4.78 is 0. The number of rotatable bonds is 4. The first-order chi connectivity index (χ1) is 4.98. The maximum atomic E-state index is 6.86. The highest BCUT2D eigenvalue weighted by molar-refractivity contribution is 5.36. The lowest BCUT2D eigenvalue weighted by Gasteiger charge is -2.10. The average molecular weight is 158 g/mol. The van der Waals surface area contributed by atoms with Crippen LogP contribution in [0.2, 0.25) is 0 Å². The van der Waals surface area contributed by atoms with Crippen molar-refractivity contribution in [1.82, 2.24) is 0 Å². The Morgan fingerprint density at radius 2 is 2.27 bits per heavy atom. The van der Waals surface area contributed by atoms with Crippen LogP contribution in [0.15, 0.2) is 12.2 Å². The molecule has 11 heavy (non-hydrogen) atoms. The van der Waals surface area contributed by atoms with Gasteiger partial charge in [-0.05, 0) is 6.92 Å². The highest BCUT2D eigenvalue weighted by Gasteiger charge is 2.19. The van der Waals surface area contributed by atoms with Crippen molar-refractivity contribution in [1.29, 1.82) is 5.41 Å². The number of nitrogens with two attached hydrogens (primary N) is 2. The summed E-state index contributed by atoms with van der Waals surface area (Å²) in [5.41, 5.74) is 9.10. The molecule has 0 aromatic heterocycles. The SMILES string of the molecule is CC(N)C=CC(C)([NH3+])[NH2+]C=N. The van der Waals surface area contributed by atoms with Gasteiger partial charge in [-0.3, -0.25) is 5.41 Å². The van der Waals surface area contributed by atoms with Crippen LogP contribution in [0.3, 0.4) is 0 Å². The van der Waals surface area contributed by atoms with E-state index in [1.165, 1.54) is 6.34 Å². The van der Waals surface area contributed by atoms with E-state index >= 15 is 0 Å². The van der Waals surface area contributed by atoms with Gasteiger partial charge in [0.25, 0.3) is 0 Å². The second-order valence-corrected chi connectivity index (χ2v) is 3.06. The minimum absolute atomic E-state index is 0.0511. The van der Waals surface area contributed by atoms with Crippen LogP contribution >= 0.6 is 0 Å². The van der Waals surface area contributed by atoms with Crippen molar-refractivity contribution in [2.75, 3.05) is 0 Å². The van der Waals surface area contributed by atoms with E-state index in [1.54, 1.807) is 5.32 Å². The zero-order chi connectivity index (χ0) is 8.91. The predicted molar refractivity (Wildman–Crippen MR) is 44.8 cm³/mol. The molecule has 0 aliphatic heterocycles. The molecule has 8 N–H and O–H groups in total. The van der Waals surface area contributed by atoms with Gasteiger partial charge >= 0.3 is 0 Å². The van der Waals surface area contributed by atoms with Gasteiger partial charge in [-0.15, -0.1) is 0 Å². The molecule has 4 nitrogen and oxygen atoms in total. The van der Waals surface area contributed by atoms with E-state index in [-0.39, 0.29) is 11.7 Å². The molecule has 0 fully saturated rings. The molecule has 4 heteroatoms. The highest BCUT2D eigenvalue weighted by Crippen LogP contribution is 1.86. The van der Waals surface area contributed by atoms with Crippen molar-refractivity contribution in [3.63, 3.8) is 0 Å². The predicted octanol–water partition coefficient (Wildman–Crippen LogP) is -1.98. The smallest absolute Gasteiger partial charge is 0.239 e. The molecule has 2 atom stereocenters. The van der Waals surface area contributed by atoms with Crippen LogP contribution in [-0.4, -0.2) is 18.0 Å². The molecule has 0 heterocycles. The molecule has 0 aromatic rings. The monoisotopic (exact) mass is 158 g/mol. The fourth-order valence-electron chi connectivity index (χ4n) is 0.618. The molecule has 0 amide bonds. The Labute approximate surface area is 67.2 Å². The summed E-state index contributed by atoms with van der Waals surface area (Å²) in [6, 6.07) is 0.0511. The van der Waals surface area contributed by atoms with Gasteiger partial charge in [0.1, 0.15) is 0 Å². The molecule has 2 unspecified atom stereocenters. The number of hydrogen-bond donors (Lipinski definition) is 4. The first kappa shape index (κ1) is 10.3. The fourth-order valence-corrected chi connectivity index (χ4v) is 0.618. The largest absolute Gasteiger partial charge is 0.325 e. The number of hydrogen-bond acceptors (Lipinski definition) is 2. The Kier molecular flexibility index (Phi) is 3.95. The van der Waals surface area contributed by atoms with E-state index in [0.717, 1.165) is 0 Å². The Balaban J connectivity index is 3.99. The fraction of sp³-hybridized carbons (Fsp3) is 0.571. The first-order valence-corrected chi connectivity index (χ1v) is 3.63. The van der Waals surface area contributed by atoms with Crippen LogP contribution in [0.4, 0.5) is 0 Å². The van der Waals surface area contributed by atoms with Crippen LogP contribution in [-0.2, 0) is 0 Å². The third kappa shape index (κ3) is 5.72. The molecule has 0 aliphatic rings. The van der Waals surface area contributed by atoms with Gasteiger partial charge in [-0.1, -0.05) is 6.08 Å². The van der Waals surface area contributed by atoms with Gasteiger partial charge in [0.2, 0.25) is 5.66 Å². The maximum absolute atomic E-state index is 6.86. The molecule has 0 rings (SSSR count). The maximum Gasteiger partial charge on any atom is 0.239 e. The van der Waals surface area contributed by atoms with Crippen molar-refractivity contribution in [2.45, 2.75) is 25.6 Å². The molecule has 0 bridgehead atoms. The summed E-state index contributed by atoms with van der Waals surface area (Å²) in [6.45, 7) is 3.83. The van der Waals surface area contributed by atoms with Crippen LogP contribution in [0.25, 0.3) is 0 Å². The van der Waals surface area contributed by atoms with Gasteiger partial charge < -0.3 is 11.5 Å². The summed E-state index contributed by atoms with van der Waals surface area (Å²) in [4.78, 5) is 0. The molecular formula is C7H18N4+2. The molecular weight excluding hydrogens is 140 g/mol. The van der Waals surface area contributed by atoms with Crippen molar-refractivity contribution >= 4 is 6.34 Å². The molecule has 64 valence electrons. The highest BCUT2D eigenvalue weighted by atomic mass is 15.1. The summed E-state index contributed by atoms with van der Waals surface area (Å²) in [7, 11) is 0. The molecule has 0 spiro atoms. The van der Waals surface area contributed by atoms with Crippen LogP contribution in [0.5, 0.6) is 0 Å². The second-order valence-electron chi connectivity index (χ2n) is 3.06. The normalized spacial score (nSPS) is 19.6. The minimum atomic E-state index is -0.296. The van der Waals surface area contributed by atoms with Crippen molar-refractivity contribution < 1.29 is 11.1 Å². The quantitative estimate of drug-likeness (QED) is 0.162. The van der Waals surface area contributed by atoms with Gasteiger partial charge in [0.05, 0.1) is 6.92 Å². The van der Waals surface area contributed by atoms with Crippen molar-refractivity contribution in [2.24, 2.45) is 5.73 Å². The average Bonchev–Trinajstić information content (AvgIpc) is 1.84. The van der Waals surface area contributed by atoms with Crippen LogP contribution < -0.4 is 16.8 Å². The third-order valence-electron chi connectivity index (χ3n) is 1.24. The zero-order valence-electron chi connectivity index (χ0n) is 7.17. The van der Waals surface area contributed by atoms with Gasteiger partial charge in [-0.25, -0.2) is 5.32 Å². The van der Waals surface area contributed by atoms with E-state index in [0.29, 0.717) is 0 Å². The zero-order valence-corrected chi connectivity index (χ0v) is 7.17. The van der Waals surface area contributed by atoms with E-state index in [9.17, 15) is 0 Å². The molecule has 0 radical (unpaired) electrons. The topological polar surface area (TPSA) is 94.1 Å². The van der Waals surface area contributed by atoms with Gasteiger partial charge in [0, 0.05) is 12.1 Å². The van der Waals surface area contributed by atoms with Crippen LogP contribution in [0.1, 0.15) is 13.8 Å². The van der Waals surface area contributed by atoms with Gasteiger partial charge in [-0.2, -0.15) is 0 Å². The number of quaternary nitrogens is 2. The Morgan fingerprint density at radius 3 is 2.64 bits per heavy atom. The Bertz CT molecular complexity index is 149. The summed E-state index contributed by atoms with van der Waals surface area (Å²) in [5.74, 6) is 0. The van der Waals surface area contributed by atoms with Crippen molar-refractivity contribution in [3.05, 3.63) is 12.2 Å². The van der Waals surface area contributed by atoms with E-state index in [1.807, 2.05) is 26.0 Å². The lowest BCUT2D eigenvalue weighted by molar-refractivity contribution is -0.775. The molecule has 0 saturated heterocycles. The molecule has 0 aromatic carbocycles. The molecule has 0 saturated carbocycles. The Hall–Kier alpha value is -0.710. The Morgan fingerprint density at radius 1 is 1.73 bits per heavy atom. The molecule has 0 aliphatic carbocycles. The summed E-state index contributed by atoms with van der Waals surface area (Å²) in [5, 5.41) is 8.57. The minimum Gasteiger partial charge on any atom is -0.325 e. The van der Waals surface area contributed by atoms with Crippen molar-refractivity contribution in [3.8, 4) is 0 Å². The second kappa shape index (κ2) is 4.23. The standard InChI is InChI=1S/C7H16N4/c1-6(9)3-4-7(2,10)11-5-8/h3-6H,9-10H2,1-2H3,(H2,8,11)/p+2. The lowest BCUT2D eigenvalue weighted by atomic mass is 10.2. The number of nitrogens with one attached hydrogen (secondary N) is 1. The third-order valence-corrected chi connectivity index (χ3v) is 1.24.